The molecular weight excluding hydrogens is 198 g/mol. The van der Waals surface area contributed by atoms with E-state index in [1.807, 2.05) is 0 Å². The van der Waals surface area contributed by atoms with E-state index in [9.17, 15) is 4.79 Å². The van der Waals surface area contributed by atoms with Gasteiger partial charge < -0.3 is 15.8 Å². The van der Waals surface area contributed by atoms with Crippen molar-refractivity contribution in [3.05, 3.63) is 18.3 Å². The Morgan fingerprint density at radius 1 is 1.53 bits per heavy atom. The molecule has 2 aromatic heterocycles. The predicted octanol–water partition coefficient (Wildman–Crippen LogP) is -0.693. The summed E-state index contributed by atoms with van der Waals surface area (Å²) in [6.07, 6.45) is 2.97. The van der Waals surface area contributed by atoms with Crippen LogP contribution in [0.1, 0.15) is 5.69 Å². The van der Waals surface area contributed by atoms with E-state index in [0.29, 0.717) is 16.9 Å². The second-order valence-electron chi connectivity index (χ2n) is 3.07. The summed E-state index contributed by atoms with van der Waals surface area (Å²) in [5.74, 6) is -1.06. The number of rotatable bonds is 3. The van der Waals surface area contributed by atoms with Crippen molar-refractivity contribution < 1.29 is 9.90 Å². The number of hydrogen-bond donors (Lipinski definition) is 3. The fourth-order valence-electron chi connectivity index (χ4n) is 1.26. The van der Waals surface area contributed by atoms with Crippen LogP contribution in [-0.2, 0) is 11.2 Å². The first-order chi connectivity index (χ1) is 7.18. The lowest BCUT2D eigenvalue weighted by molar-refractivity contribution is -0.138. The SMILES string of the molecule is NC(Cc1ncnc2[nH]cnc12)C(=O)O. The Bertz CT molecular complexity index is 494. The third kappa shape index (κ3) is 1.77. The molecule has 0 amide bonds. The number of fused-ring (bicyclic) bond motifs is 1. The van der Waals surface area contributed by atoms with Gasteiger partial charge in [0.2, 0.25) is 0 Å². The molecule has 1 unspecified atom stereocenters. The summed E-state index contributed by atoms with van der Waals surface area (Å²) in [7, 11) is 0. The Hall–Kier alpha value is -2.02. The minimum absolute atomic E-state index is 0.138. The zero-order chi connectivity index (χ0) is 10.8. The second kappa shape index (κ2) is 3.62. The van der Waals surface area contributed by atoms with E-state index in [2.05, 4.69) is 19.9 Å². The van der Waals surface area contributed by atoms with Crippen molar-refractivity contribution in [3.63, 3.8) is 0 Å². The number of nitrogens with one attached hydrogen (secondary N) is 1. The first-order valence-corrected chi connectivity index (χ1v) is 4.30. The van der Waals surface area contributed by atoms with Gasteiger partial charge in [0.1, 0.15) is 17.9 Å². The molecule has 7 heteroatoms. The summed E-state index contributed by atoms with van der Waals surface area (Å²) in [6, 6.07) is -0.972. The molecule has 0 spiro atoms. The van der Waals surface area contributed by atoms with Gasteiger partial charge in [-0.3, -0.25) is 4.79 Å². The number of carbonyl (C=O) groups is 1. The van der Waals surface area contributed by atoms with E-state index >= 15 is 0 Å². The lowest BCUT2D eigenvalue weighted by Gasteiger charge is -2.04. The molecule has 0 radical (unpaired) electrons. The lowest BCUT2D eigenvalue weighted by Crippen LogP contribution is -2.32. The zero-order valence-electron chi connectivity index (χ0n) is 7.71. The van der Waals surface area contributed by atoms with Crippen LogP contribution < -0.4 is 5.73 Å². The van der Waals surface area contributed by atoms with Crippen molar-refractivity contribution in [2.45, 2.75) is 12.5 Å². The number of imidazole rings is 1. The Balaban J connectivity index is 2.35. The normalized spacial score (nSPS) is 12.9. The third-order valence-electron chi connectivity index (χ3n) is 2.02. The first-order valence-electron chi connectivity index (χ1n) is 4.30. The number of H-pyrrole nitrogens is 1. The van der Waals surface area contributed by atoms with E-state index in [0.717, 1.165) is 0 Å². The number of carboxylic acid groups (broad SMARTS) is 1. The molecule has 4 N–H and O–H groups in total. The molecular formula is C8H9N5O2. The minimum atomic E-state index is -1.06. The monoisotopic (exact) mass is 207 g/mol. The molecule has 2 rings (SSSR count). The summed E-state index contributed by atoms with van der Waals surface area (Å²) >= 11 is 0. The largest absolute Gasteiger partial charge is 0.480 e. The molecule has 0 bridgehead atoms. The van der Waals surface area contributed by atoms with Crippen LogP contribution >= 0.6 is 0 Å². The van der Waals surface area contributed by atoms with Crippen LogP contribution in [-0.4, -0.2) is 37.1 Å². The number of aromatic amines is 1. The molecule has 0 aliphatic carbocycles. The van der Waals surface area contributed by atoms with Crippen LogP contribution in [0.2, 0.25) is 0 Å². The van der Waals surface area contributed by atoms with Crippen molar-refractivity contribution in [2.75, 3.05) is 0 Å². The number of aliphatic carboxylic acids is 1. The molecule has 0 saturated heterocycles. The Morgan fingerprint density at radius 2 is 2.33 bits per heavy atom. The number of nitrogens with zero attached hydrogens (tertiary/aromatic N) is 3. The maximum Gasteiger partial charge on any atom is 0.320 e. The van der Waals surface area contributed by atoms with Crippen molar-refractivity contribution in [2.24, 2.45) is 5.73 Å². The highest BCUT2D eigenvalue weighted by molar-refractivity contribution is 5.76. The van der Waals surface area contributed by atoms with E-state index in [1.165, 1.54) is 12.7 Å². The Kier molecular flexibility index (Phi) is 2.30. The highest BCUT2D eigenvalue weighted by Gasteiger charge is 2.15. The average molecular weight is 207 g/mol. The first kappa shape index (κ1) is 9.53. The van der Waals surface area contributed by atoms with Gasteiger partial charge in [-0.25, -0.2) is 15.0 Å². The number of nitrogens with two attached hydrogens (primary N) is 1. The molecule has 2 heterocycles. The highest BCUT2D eigenvalue weighted by atomic mass is 16.4. The summed E-state index contributed by atoms with van der Waals surface area (Å²) in [4.78, 5) is 25.3. The predicted molar refractivity (Wildman–Crippen MR) is 51.0 cm³/mol. The van der Waals surface area contributed by atoms with Gasteiger partial charge in [-0.1, -0.05) is 0 Å². The zero-order valence-corrected chi connectivity index (χ0v) is 7.71. The van der Waals surface area contributed by atoms with Gasteiger partial charge in [0.25, 0.3) is 0 Å². The third-order valence-corrected chi connectivity index (χ3v) is 2.02. The maximum absolute atomic E-state index is 10.6. The smallest absolute Gasteiger partial charge is 0.320 e. The molecule has 15 heavy (non-hydrogen) atoms. The van der Waals surface area contributed by atoms with E-state index in [4.69, 9.17) is 10.8 Å². The van der Waals surface area contributed by atoms with Crippen molar-refractivity contribution >= 4 is 17.1 Å². The number of aromatic nitrogens is 4. The average Bonchev–Trinajstić information content (AvgIpc) is 2.66. The highest BCUT2D eigenvalue weighted by Crippen LogP contribution is 2.10. The molecule has 1 atom stereocenters. The van der Waals surface area contributed by atoms with Crippen LogP contribution in [0, 0.1) is 0 Å². The van der Waals surface area contributed by atoms with Gasteiger partial charge in [0, 0.05) is 6.42 Å². The molecule has 0 aliphatic rings. The lowest BCUT2D eigenvalue weighted by atomic mass is 10.1. The van der Waals surface area contributed by atoms with Crippen molar-refractivity contribution in [1.82, 2.24) is 19.9 Å². The van der Waals surface area contributed by atoms with Crippen molar-refractivity contribution in [3.8, 4) is 0 Å². The van der Waals surface area contributed by atoms with Gasteiger partial charge in [-0.15, -0.1) is 0 Å². The fourth-order valence-corrected chi connectivity index (χ4v) is 1.26. The van der Waals surface area contributed by atoms with Crippen LogP contribution in [0.15, 0.2) is 12.7 Å². The number of carboxylic acids is 1. The molecule has 0 fully saturated rings. The van der Waals surface area contributed by atoms with Gasteiger partial charge >= 0.3 is 5.97 Å². The van der Waals surface area contributed by atoms with Gasteiger partial charge in [-0.2, -0.15) is 0 Å². The minimum Gasteiger partial charge on any atom is -0.480 e. The van der Waals surface area contributed by atoms with Crippen LogP contribution in [0.3, 0.4) is 0 Å². The van der Waals surface area contributed by atoms with Gasteiger partial charge in [0.15, 0.2) is 5.65 Å². The summed E-state index contributed by atoms with van der Waals surface area (Å²) in [5, 5.41) is 8.67. The van der Waals surface area contributed by atoms with Crippen LogP contribution in [0.5, 0.6) is 0 Å². The van der Waals surface area contributed by atoms with Gasteiger partial charge in [-0.05, 0) is 0 Å². The van der Waals surface area contributed by atoms with E-state index in [-0.39, 0.29) is 6.42 Å². The van der Waals surface area contributed by atoms with Crippen LogP contribution in [0.25, 0.3) is 11.2 Å². The van der Waals surface area contributed by atoms with Crippen LogP contribution in [0.4, 0.5) is 0 Å². The molecule has 7 nitrogen and oxygen atoms in total. The fraction of sp³-hybridized carbons (Fsp3) is 0.250. The quantitative estimate of drug-likeness (QED) is 0.613. The standard InChI is InChI=1S/C8H9N5O2/c9-4(8(14)15)1-5-6-7(12-2-10-5)13-3-11-6/h2-4H,1,9H2,(H,14,15)(H,10,11,12,13). The molecule has 0 aliphatic heterocycles. The maximum atomic E-state index is 10.6. The summed E-state index contributed by atoms with van der Waals surface area (Å²) in [6.45, 7) is 0. The molecule has 78 valence electrons. The molecule has 2 aromatic rings. The topological polar surface area (TPSA) is 118 Å². The second-order valence-corrected chi connectivity index (χ2v) is 3.07. The van der Waals surface area contributed by atoms with Crippen molar-refractivity contribution in [1.29, 1.82) is 0 Å². The molecule has 0 aromatic carbocycles. The van der Waals surface area contributed by atoms with E-state index < -0.39 is 12.0 Å². The number of hydrogen-bond acceptors (Lipinski definition) is 5. The molecule has 0 saturated carbocycles. The summed E-state index contributed by atoms with van der Waals surface area (Å²) in [5.41, 5.74) is 7.09. The Labute approximate surface area is 84.4 Å². The van der Waals surface area contributed by atoms with E-state index in [1.54, 1.807) is 0 Å². The Morgan fingerprint density at radius 3 is 3.07 bits per heavy atom. The summed E-state index contributed by atoms with van der Waals surface area (Å²) < 4.78 is 0. The van der Waals surface area contributed by atoms with Gasteiger partial charge in [0.05, 0.1) is 12.0 Å².